The van der Waals surface area contributed by atoms with Gasteiger partial charge in [0.25, 0.3) is 0 Å². The topological polar surface area (TPSA) is 61.8 Å². The van der Waals surface area contributed by atoms with Crippen molar-refractivity contribution >= 4 is 18.1 Å². The molecule has 124 valence electrons. The van der Waals surface area contributed by atoms with Crippen LogP contribution in [-0.4, -0.2) is 33.4 Å². The zero-order valence-corrected chi connectivity index (χ0v) is 13.7. The Morgan fingerprint density at radius 3 is 1.88 bits per heavy atom. The van der Waals surface area contributed by atoms with Crippen molar-refractivity contribution in [2.45, 2.75) is 0 Å². The molecule has 0 N–H and O–H groups in total. The van der Waals surface area contributed by atoms with E-state index in [2.05, 4.69) is 0 Å². The van der Waals surface area contributed by atoms with Crippen molar-refractivity contribution in [1.29, 1.82) is 0 Å². The molecule has 0 amide bonds. The van der Waals surface area contributed by atoms with E-state index in [1.54, 1.807) is 42.5 Å². The van der Waals surface area contributed by atoms with Crippen LogP contribution in [0.1, 0.15) is 26.3 Å². The van der Waals surface area contributed by atoms with E-state index in [1.807, 2.05) is 0 Å². The molecule has 0 atom stereocenters. The zero-order valence-electron chi connectivity index (χ0n) is 13.7. The summed E-state index contributed by atoms with van der Waals surface area (Å²) in [7, 11) is 4.50. The molecule has 5 nitrogen and oxygen atoms in total. The van der Waals surface area contributed by atoms with Crippen LogP contribution in [0, 0.1) is 0 Å². The molecule has 0 fully saturated rings. The molecular formula is C19H18O5. The van der Waals surface area contributed by atoms with Gasteiger partial charge in [-0.3, -0.25) is 9.59 Å². The van der Waals surface area contributed by atoms with Crippen molar-refractivity contribution in [3.8, 4) is 17.2 Å². The Kier molecular flexibility index (Phi) is 5.73. The summed E-state index contributed by atoms with van der Waals surface area (Å²) >= 11 is 0. The molecule has 0 radical (unpaired) electrons. The van der Waals surface area contributed by atoms with Gasteiger partial charge in [-0.05, 0) is 23.8 Å². The molecule has 0 unspecified atom stereocenters. The van der Waals surface area contributed by atoms with Crippen LogP contribution >= 0.6 is 0 Å². The summed E-state index contributed by atoms with van der Waals surface area (Å²) in [4.78, 5) is 23.0. The Balaban J connectivity index is 2.28. The Morgan fingerprint density at radius 1 is 0.875 bits per heavy atom. The van der Waals surface area contributed by atoms with Crippen molar-refractivity contribution in [1.82, 2.24) is 0 Å². The van der Waals surface area contributed by atoms with Gasteiger partial charge in [-0.15, -0.1) is 0 Å². The number of carbonyl (C=O) groups is 2. The van der Waals surface area contributed by atoms with Crippen LogP contribution in [0.4, 0.5) is 0 Å². The molecule has 0 aliphatic rings. The van der Waals surface area contributed by atoms with Crippen LogP contribution < -0.4 is 14.2 Å². The Bertz CT molecular complexity index is 735. The van der Waals surface area contributed by atoms with Crippen LogP contribution in [0.3, 0.4) is 0 Å². The number of carbonyl (C=O) groups excluding carboxylic acids is 2. The van der Waals surface area contributed by atoms with Gasteiger partial charge in [0.1, 0.15) is 6.29 Å². The van der Waals surface area contributed by atoms with Gasteiger partial charge in [0.15, 0.2) is 17.3 Å². The zero-order chi connectivity index (χ0) is 17.5. The minimum absolute atomic E-state index is 0.200. The number of hydrogen-bond acceptors (Lipinski definition) is 5. The Labute approximate surface area is 140 Å². The molecule has 0 heterocycles. The molecular weight excluding hydrogens is 308 g/mol. The summed E-state index contributed by atoms with van der Waals surface area (Å²) in [5.74, 6) is 1.08. The Morgan fingerprint density at radius 2 is 1.42 bits per heavy atom. The molecule has 5 heteroatoms. The number of allylic oxidation sites excluding steroid dienone is 1. The van der Waals surface area contributed by atoms with Crippen molar-refractivity contribution in [3.05, 3.63) is 59.2 Å². The molecule has 0 aliphatic heterocycles. The fourth-order valence-electron chi connectivity index (χ4n) is 2.18. The average Bonchev–Trinajstić information content (AvgIpc) is 2.65. The monoisotopic (exact) mass is 326 g/mol. The van der Waals surface area contributed by atoms with E-state index < -0.39 is 0 Å². The van der Waals surface area contributed by atoms with Crippen molar-refractivity contribution in [2.24, 2.45) is 0 Å². The third-order valence-corrected chi connectivity index (χ3v) is 3.45. The summed E-state index contributed by atoms with van der Waals surface area (Å²) < 4.78 is 15.7. The highest BCUT2D eigenvalue weighted by Crippen LogP contribution is 2.38. The molecule has 24 heavy (non-hydrogen) atoms. The molecule has 2 aromatic carbocycles. The lowest BCUT2D eigenvalue weighted by Crippen LogP contribution is -2.00. The van der Waals surface area contributed by atoms with E-state index in [9.17, 15) is 9.59 Å². The predicted molar refractivity (Wildman–Crippen MR) is 91.3 cm³/mol. The number of ketones is 1. The highest BCUT2D eigenvalue weighted by atomic mass is 16.5. The lowest BCUT2D eigenvalue weighted by Gasteiger charge is -2.13. The van der Waals surface area contributed by atoms with Gasteiger partial charge >= 0.3 is 0 Å². The molecule has 0 saturated heterocycles. The molecule has 0 aliphatic carbocycles. The number of aldehydes is 1. The lowest BCUT2D eigenvalue weighted by molar-refractivity contribution is 0.104. The quantitative estimate of drug-likeness (QED) is 0.443. The smallest absolute Gasteiger partial charge is 0.203 e. The normalized spacial score (nSPS) is 10.5. The third-order valence-electron chi connectivity index (χ3n) is 3.45. The molecule has 2 rings (SSSR count). The largest absolute Gasteiger partial charge is 0.493 e. The highest BCUT2D eigenvalue weighted by Gasteiger charge is 2.15. The van der Waals surface area contributed by atoms with Gasteiger partial charge in [0.05, 0.1) is 21.3 Å². The number of methoxy groups -OCH3 is 3. The van der Waals surface area contributed by atoms with E-state index in [4.69, 9.17) is 14.2 Å². The van der Waals surface area contributed by atoms with E-state index in [0.29, 0.717) is 28.4 Å². The molecule has 0 aromatic heterocycles. The second kappa shape index (κ2) is 7.97. The minimum atomic E-state index is -0.200. The second-order valence-electron chi connectivity index (χ2n) is 4.90. The minimum Gasteiger partial charge on any atom is -0.493 e. The fraction of sp³-hybridized carbons (Fsp3) is 0.158. The fourth-order valence-corrected chi connectivity index (χ4v) is 2.18. The van der Waals surface area contributed by atoms with Gasteiger partial charge in [0.2, 0.25) is 5.75 Å². The summed E-state index contributed by atoms with van der Waals surface area (Å²) in [5, 5.41) is 0. The number of ether oxygens (including phenoxy) is 3. The van der Waals surface area contributed by atoms with Crippen LogP contribution in [0.25, 0.3) is 6.08 Å². The van der Waals surface area contributed by atoms with E-state index in [-0.39, 0.29) is 5.78 Å². The SMILES string of the molecule is COc1cc(C(=O)/C=C/c2ccc(C=O)cc2)cc(OC)c1OC. The standard InChI is InChI=1S/C19H18O5/c1-22-17-10-15(11-18(23-2)19(17)24-3)16(21)9-8-13-4-6-14(12-20)7-5-13/h4-12H,1-3H3/b9-8+. The van der Waals surface area contributed by atoms with Crippen LogP contribution in [0.2, 0.25) is 0 Å². The predicted octanol–water partition coefficient (Wildman–Crippen LogP) is 3.42. The van der Waals surface area contributed by atoms with Gasteiger partial charge in [0, 0.05) is 11.1 Å². The summed E-state index contributed by atoms with van der Waals surface area (Å²) in [6.45, 7) is 0. The molecule has 0 spiro atoms. The average molecular weight is 326 g/mol. The number of hydrogen-bond donors (Lipinski definition) is 0. The molecule has 0 bridgehead atoms. The Hall–Kier alpha value is -3.08. The van der Waals surface area contributed by atoms with Crippen LogP contribution in [-0.2, 0) is 0 Å². The maximum absolute atomic E-state index is 12.4. The number of benzene rings is 2. The first kappa shape index (κ1) is 17.3. The van der Waals surface area contributed by atoms with Crippen molar-refractivity contribution < 1.29 is 23.8 Å². The maximum atomic E-state index is 12.4. The molecule has 0 saturated carbocycles. The van der Waals surface area contributed by atoms with Crippen LogP contribution in [0.15, 0.2) is 42.5 Å². The number of rotatable bonds is 7. The van der Waals surface area contributed by atoms with Crippen molar-refractivity contribution in [3.63, 3.8) is 0 Å². The van der Waals surface area contributed by atoms with E-state index in [1.165, 1.54) is 27.4 Å². The van der Waals surface area contributed by atoms with Crippen molar-refractivity contribution in [2.75, 3.05) is 21.3 Å². The highest BCUT2D eigenvalue weighted by molar-refractivity contribution is 6.07. The van der Waals surface area contributed by atoms with Crippen LogP contribution in [0.5, 0.6) is 17.2 Å². The lowest BCUT2D eigenvalue weighted by atomic mass is 10.1. The first-order chi connectivity index (χ1) is 11.6. The van der Waals surface area contributed by atoms with Gasteiger partial charge in [-0.2, -0.15) is 0 Å². The maximum Gasteiger partial charge on any atom is 0.203 e. The van der Waals surface area contributed by atoms with E-state index in [0.717, 1.165) is 11.8 Å². The summed E-state index contributed by atoms with van der Waals surface area (Å²) in [6, 6.07) is 10.1. The third kappa shape index (κ3) is 3.81. The second-order valence-corrected chi connectivity index (χ2v) is 4.90. The van der Waals surface area contributed by atoms with Gasteiger partial charge in [-0.25, -0.2) is 0 Å². The van der Waals surface area contributed by atoms with Gasteiger partial charge < -0.3 is 14.2 Å². The van der Waals surface area contributed by atoms with E-state index >= 15 is 0 Å². The first-order valence-corrected chi connectivity index (χ1v) is 7.20. The van der Waals surface area contributed by atoms with Gasteiger partial charge in [-0.1, -0.05) is 30.3 Å². The summed E-state index contributed by atoms with van der Waals surface area (Å²) in [6.07, 6.45) is 3.91. The first-order valence-electron chi connectivity index (χ1n) is 7.20. The summed E-state index contributed by atoms with van der Waals surface area (Å²) in [5.41, 5.74) is 1.83. The molecule has 2 aromatic rings.